The van der Waals surface area contributed by atoms with Crippen molar-refractivity contribution in [3.05, 3.63) is 24.3 Å². The molecule has 0 aliphatic rings. The van der Waals surface area contributed by atoms with Gasteiger partial charge in [-0.05, 0) is 25.7 Å². The Bertz CT molecular complexity index is 310. The van der Waals surface area contributed by atoms with Gasteiger partial charge in [0.1, 0.15) is 6.10 Å². The van der Waals surface area contributed by atoms with E-state index in [4.69, 9.17) is 10.4 Å². The maximum Gasteiger partial charge on any atom is 0.303 e. The molecule has 0 bridgehead atoms. The van der Waals surface area contributed by atoms with Crippen molar-refractivity contribution in [1.29, 1.82) is 0 Å². The van der Waals surface area contributed by atoms with Gasteiger partial charge in [-0.25, -0.2) is 4.89 Å². The zero-order valence-electron chi connectivity index (χ0n) is 13.9. The molecule has 0 aromatic carbocycles. The Kier molecular flexibility index (Phi) is 15.4. The van der Waals surface area contributed by atoms with Crippen LogP contribution in [0, 0.1) is 0 Å². The molecular weight excluding hydrogens is 280 g/mol. The topological polar surface area (TPSA) is 66.8 Å². The molecule has 0 saturated heterocycles. The van der Waals surface area contributed by atoms with Crippen molar-refractivity contribution in [3.63, 3.8) is 0 Å². The van der Waals surface area contributed by atoms with Gasteiger partial charge in [-0.15, -0.1) is 0 Å². The Morgan fingerprint density at radius 2 is 1.77 bits per heavy atom. The van der Waals surface area contributed by atoms with Crippen LogP contribution in [-0.2, 0) is 9.68 Å². The quantitative estimate of drug-likeness (QED) is 0.185. The largest absolute Gasteiger partial charge is 0.481 e. The van der Waals surface area contributed by atoms with Crippen molar-refractivity contribution < 1.29 is 20.0 Å². The van der Waals surface area contributed by atoms with E-state index in [-0.39, 0.29) is 12.5 Å². The molecule has 0 rings (SSSR count). The third-order valence-electron chi connectivity index (χ3n) is 3.56. The molecule has 4 heteroatoms. The number of hydrogen-bond acceptors (Lipinski definition) is 3. The molecule has 0 unspecified atom stereocenters. The van der Waals surface area contributed by atoms with Crippen LogP contribution in [0.5, 0.6) is 0 Å². The zero-order valence-corrected chi connectivity index (χ0v) is 13.9. The van der Waals surface area contributed by atoms with Crippen LogP contribution in [0.15, 0.2) is 24.3 Å². The standard InChI is InChI=1S/C18H32O4/c1-2-3-11-14-17(22-21)15-12-9-7-5-4-6-8-10-13-16-18(19)20/h7,9,12,15,17,21H,2-6,8,10-11,13-14,16H2,1H3,(H,19,20)/b9-7+,15-12+/t17-/m0/s1. The molecule has 0 amide bonds. The minimum Gasteiger partial charge on any atom is -0.481 e. The average Bonchev–Trinajstić information content (AvgIpc) is 2.50. The SMILES string of the molecule is CCCCC[C@@H](/C=C/C=C/CCCCCCCC(=O)O)OO. The normalized spacial score (nSPS) is 13.2. The van der Waals surface area contributed by atoms with Crippen LogP contribution >= 0.6 is 0 Å². The molecular formula is C18H32O4. The Labute approximate surface area is 134 Å². The van der Waals surface area contributed by atoms with Crippen molar-refractivity contribution in [1.82, 2.24) is 0 Å². The van der Waals surface area contributed by atoms with E-state index in [1.807, 2.05) is 18.2 Å². The van der Waals surface area contributed by atoms with Crippen LogP contribution in [-0.4, -0.2) is 22.4 Å². The van der Waals surface area contributed by atoms with Crippen molar-refractivity contribution in [2.24, 2.45) is 0 Å². The summed E-state index contributed by atoms with van der Waals surface area (Å²) in [6, 6.07) is 0. The van der Waals surface area contributed by atoms with Gasteiger partial charge in [-0.2, -0.15) is 0 Å². The second-order valence-corrected chi connectivity index (χ2v) is 5.65. The third-order valence-corrected chi connectivity index (χ3v) is 3.56. The summed E-state index contributed by atoms with van der Waals surface area (Å²) in [5, 5.41) is 17.3. The molecule has 0 aliphatic heterocycles. The molecule has 0 radical (unpaired) electrons. The summed E-state index contributed by atoms with van der Waals surface area (Å²) in [6.45, 7) is 2.15. The maximum absolute atomic E-state index is 10.3. The summed E-state index contributed by atoms with van der Waals surface area (Å²) < 4.78 is 0. The molecule has 0 aromatic rings. The van der Waals surface area contributed by atoms with Crippen LogP contribution < -0.4 is 0 Å². The Balaban J connectivity index is 3.51. The van der Waals surface area contributed by atoms with Gasteiger partial charge in [0.2, 0.25) is 0 Å². The predicted molar refractivity (Wildman–Crippen MR) is 89.9 cm³/mol. The zero-order chi connectivity index (χ0) is 16.5. The number of rotatable bonds is 15. The second-order valence-electron chi connectivity index (χ2n) is 5.65. The lowest BCUT2D eigenvalue weighted by Gasteiger charge is -2.07. The van der Waals surface area contributed by atoms with Crippen molar-refractivity contribution in [2.75, 3.05) is 0 Å². The highest BCUT2D eigenvalue weighted by atomic mass is 17.1. The lowest BCUT2D eigenvalue weighted by molar-refractivity contribution is -0.267. The number of unbranched alkanes of at least 4 members (excludes halogenated alkanes) is 7. The Morgan fingerprint density at radius 1 is 1.05 bits per heavy atom. The summed E-state index contributed by atoms with van der Waals surface area (Å²) in [4.78, 5) is 14.8. The number of hydrogen-bond donors (Lipinski definition) is 2. The molecule has 0 heterocycles. The van der Waals surface area contributed by atoms with Crippen molar-refractivity contribution in [2.45, 2.75) is 83.7 Å². The van der Waals surface area contributed by atoms with Gasteiger partial charge < -0.3 is 5.11 Å². The highest BCUT2D eigenvalue weighted by Crippen LogP contribution is 2.09. The predicted octanol–water partition coefficient (Wildman–Crippen LogP) is 5.35. The number of carboxylic acid groups (broad SMARTS) is 1. The van der Waals surface area contributed by atoms with Crippen LogP contribution in [0.3, 0.4) is 0 Å². The van der Waals surface area contributed by atoms with E-state index < -0.39 is 5.97 Å². The molecule has 0 aliphatic carbocycles. The Morgan fingerprint density at radius 3 is 2.45 bits per heavy atom. The lowest BCUT2D eigenvalue weighted by Crippen LogP contribution is -2.06. The van der Waals surface area contributed by atoms with Gasteiger partial charge in [-0.3, -0.25) is 10.1 Å². The summed E-state index contributed by atoms with van der Waals surface area (Å²) in [7, 11) is 0. The molecule has 4 nitrogen and oxygen atoms in total. The van der Waals surface area contributed by atoms with E-state index in [0.717, 1.165) is 64.2 Å². The lowest BCUT2D eigenvalue weighted by atomic mass is 10.1. The molecule has 0 saturated carbocycles. The van der Waals surface area contributed by atoms with Crippen LogP contribution in [0.25, 0.3) is 0 Å². The minimum absolute atomic E-state index is 0.203. The summed E-state index contributed by atoms with van der Waals surface area (Å²) in [5.41, 5.74) is 0. The van der Waals surface area contributed by atoms with E-state index in [2.05, 4.69) is 17.9 Å². The van der Waals surface area contributed by atoms with Gasteiger partial charge in [0.25, 0.3) is 0 Å². The number of aliphatic carboxylic acids is 1. The molecule has 128 valence electrons. The minimum atomic E-state index is -0.699. The molecule has 0 fully saturated rings. The maximum atomic E-state index is 10.3. The van der Waals surface area contributed by atoms with Crippen LogP contribution in [0.4, 0.5) is 0 Å². The molecule has 2 N–H and O–H groups in total. The second kappa shape index (κ2) is 16.2. The third kappa shape index (κ3) is 15.3. The summed E-state index contributed by atoms with van der Waals surface area (Å²) in [5.74, 6) is -0.699. The highest BCUT2D eigenvalue weighted by molar-refractivity contribution is 5.66. The van der Waals surface area contributed by atoms with Gasteiger partial charge in [0.05, 0.1) is 0 Å². The van der Waals surface area contributed by atoms with E-state index in [0.29, 0.717) is 0 Å². The molecule has 0 aromatic heterocycles. The first-order valence-electron chi connectivity index (χ1n) is 8.56. The average molecular weight is 312 g/mol. The smallest absolute Gasteiger partial charge is 0.303 e. The fourth-order valence-electron chi connectivity index (χ4n) is 2.21. The van der Waals surface area contributed by atoms with Gasteiger partial charge in [-0.1, -0.05) is 69.8 Å². The summed E-state index contributed by atoms with van der Waals surface area (Å²) >= 11 is 0. The monoisotopic (exact) mass is 312 g/mol. The van der Waals surface area contributed by atoms with Gasteiger partial charge >= 0.3 is 5.97 Å². The van der Waals surface area contributed by atoms with Crippen LogP contribution in [0.2, 0.25) is 0 Å². The number of carboxylic acids is 1. The summed E-state index contributed by atoms with van der Waals surface area (Å²) in [6.07, 6.45) is 18.5. The molecule has 22 heavy (non-hydrogen) atoms. The van der Waals surface area contributed by atoms with Crippen molar-refractivity contribution >= 4 is 5.97 Å². The fourth-order valence-corrected chi connectivity index (χ4v) is 2.21. The van der Waals surface area contributed by atoms with E-state index in [1.54, 1.807) is 0 Å². The van der Waals surface area contributed by atoms with E-state index in [1.165, 1.54) is 0 Å². The highest BCUT2D eigenvalue weighted by Gasteiger charge is 2.02. The first-order valence-corrected chi connectivity index (χ1v) is 8.56. The first-order chi connectivity index (χ1) is 10.7. The number of carbonyl (C=O) groups is 1. The molecule has 1 atom stereocenters. The number of allylic oxidation sites excluding steroid dienone is 3. The van der Waals surface area contributed by atoms with Crippen LogP contribution in [0.1, 0.15) is 77.6 Å². The van der Waals surface area contributed by atoms with E-state index >= 15 is 0 Å². The fraction of sp³-hybridized carbons (Fsp3) is 0.722. The van der Waals surface area contributed by atoms with Gasteiger partial charge in [0, 0.05) is 6.42 Å². The van der Waals surface area contributed by atoms with Gasteiger partial charge in [0.15, 0.2) is 0 Å². The molecule has 0 spiro atoms. The van der Waals surface area contributed by atoms with E-state index in [9.17, 15) is 4.79 Å². The Hall–Kier alpha value is -1.13. The first kappa shape index (κ1) is 20.9. The van der Waals surface area contributed by atoms with Crippen molar-refractivity contribution in [3.8, 4) is 0 Å².